The van der Waals surface area contributed by atoms with E-state index in [9.17, 15) is 13.6 Å². The van der Waals surface area contributed by atoms with Gasteiger partial charge < -0.3 is 10.6 Å². The molecule has 1 aliphatic rings. The van der Waals surface area contributed by atoms with Gasteiger partial charge in [-0.25, -0.2) is 8.78 Å². The van der Waals surface area contributed by atoms with Crippen molar-refractivity contribution >= 4 is 27.5 Å². The van der Waals surface area contributed by atoms with Crippen molar-refractivity contribution in [2.45, 2.75) is 26.2 Å². The number of anilines is 1. The highest BCUT2D eigenvalue weighted by molar-refractivity contribution is 9.10. The van der Waals surface area contributed by atoms with Crippen molar-refractivity contribution in [3.63, 3.8) is 0 Å². The SMILES string of the molecule is CCCC1(C(=O)Nc2cc(F)c(Br)cc2F)CCNC1. The lowest BCUT2D eigenvalue weighted by Crippen LogP contribution is -2.38. The van der Waals surface area contributed by atoms with Crippen molar-refractivity contribution in [1.29, 1.82) is 0 Å². The smallest absolute Gasteiger partial charge is 0.232 e. The molecule has 0 spiro atoms. The molecule has 1 aromatic rings. The summed E-state index contributed by atoms with van der Waals surface area (Å²) in [5.74, 6) is -1.50. The fourth-order valence-electron chi connectivity index (χ4n) is 2.62. The second kappa shape index (κ2) is 6.18. The molecule has 1 unspecified atom stereocenters. The van der Waals surface area contributed by atoms with Crippen LogP contribution < -0.4 is 10.6 Å². The van der Waals surface area contributed by atoms with Gasteiger partial charge in [0.1, 0.15) is 11.6 Å². The number of benzene rings is 1. The van der Waals surface area contributed by atoms with Crippen molar-refractivity contribution in [2.24, 2.45) is 5.41 Å². The topological polar surface area (TPSA) is 41.1 Å². The van der Waals surface area contributed by atoms with E-state index in [1.54, 1.807) is 0 Å². The largest absolute Gasteiger partial charge is 0.323 e. The molecule has 1 saturated heterocycles. The number of carbonyl (C=O) groups excluding carboxylic acids is 1. The zero-order chi connectivity index (χ0) is 14.8. The number of hydrogen-bond acceptors (Lipinski definition) is 2. The van der Waals surface area contributed by atoms with Crippen LogP contribution in [0.1, 0.15) is 26.2 Å². The normalized spacial score (nSPS) is 22.0. The second-order valence-corrected chi connectivity index (χ2v) is 6.01. The third kappa shape index (κ3) is 3.01. The van der Waals surface area contributed by atoms with Crippen LogP contribution in [0.5, 0.6) is 0 Å². The first-order valence-electron chi connectivity index (χ1n) is 6.65. The first-order chi connectivity index (χ1) is 9.48. The third-order valence-electron chi connectivity index (χ3n) is 3.71. The highest BCUT2D eigenvalue weighted by atomic mass is 79.9. The van der Waals surface area contributed by atoms with E-state index in [4.69, 9.17) is 0 Å². The predicted molar refractivity (Wildman–Crippen MR) is 77.5 cm³/mol. The Morgan fingerprint density at radius 1 is 1.45 bits per heavy atom. The van der Waals surface area contributed by atoms with Crippen LogP contribution in [0, 0.1) is 17.0 Å². The predicted octanol–water partition coefficient (Wildman–Crippen LogP) is 3.45. The van der Waals surface area contributed by atoms with Gasteiger partial charge in [0.05, 0.1) is 15.6 Å². The summed E-state index contributed by atoms with van der Waals surface area (Å²) in [5.41, 5.74) is -0.636. The summed E-state index contributed by atoms with van der Waals surface area (Å²) in [6.45, 7) is 3.35. The molecule has 0 aliphatic carbocycles. The Kier molecular flexibility index (Phi) is 4.75. The number of amides is 1. The number of hydrogen-bond donors (Lipinski definition) is 2. The Hall–Kier alpha value is -1.01. The maximum atomic E-state index is 13.8. The second-order valence-electron chi connectivity index (χ2n) is 5.16. The van der Waals surface area contributed by atoms with Gasteiger partial charge in [-0.1, -0.05) is 13.3 Å². The van der Waals surface area contributed by atoms with Crippen LogP contribution in [0.4, 0.5) is 14.5 Å². The van der Waals surface area contributed by atoms with E-state index in [1.165, 1.54) is 0 Å². The van der Waals surface area contributed by atoms with Gasteiger partial charge in [-0.15, -0.1) is 0 Å². The van der Waals surface area contributed by atoms with Crippen LogP contribution in [0.15, 0.2) is 16.6 Å². The fourth-order valence-corrected chi connectivity index (χ4v) is 2.93. The molecular formula is C14H17BrF2N2O. The molecule has 20 heavy (non-hydrogen) atoms. The molecule has 6 heteroatoms. The van der Waals surface area contributed by atoms with Crippen molar-refractivity contribution < 1.29 is 13.6 Å². The molecule has 0 saturated carbocycles. The van der Waals surface area contributed by atoms with Gasteiger partial charge in [-0.2, -0.15) is 0 Å². The monoisotopic (exact) mass is 346 g/mol. The Balaban J connectivity index is 2.20. The minimum Gasteiger partial charge on any atom is -0.323 e. The van der Waals surface area contributed by atoms with Crippen LogP contribution in [0.25, 0.3) is 0 Å². The van der Waals surface area contributed by atoms with Gasteiger partial charge in [-0.3, -0.25) is 4.79 Å². The summed E-state index contributed by atoms with van der Waals surface area (Å²) >= 11 is 2.91. The van der Waals surface area contributed by atoms with E-state index in [2.05, 4.69) is 26.6 Å². The van der Waals surface area contributed by atoms with E-state index in [0.29, 0.717) is 13.0 Å². The molecule has 1 aliphatic heterocycles. The van der Waals surface area contributed by atoms with E-state index in [1.807, 2.05) is 6.92 Å². The summed E-state index contributed by atoms with van der Waals surface area (Å²) in [6, 6.07) is 2.02. The van der Waals surface area contributed by atoms with Crippen LogP contribution in [-0.2, 0) is 4.79 Å². The minimum absolute atomic E-state index is 0.0406. The first kappa shape index (κ1) is 15.4. The van der Waals surface area contributed by atoms with Gasteiger partial charge >= 0.3 is 0 Å². The quantitative estimate of drug-likeness (QED) is 0.820. The minimum atomic E-state index is -0.649. The molecule has 3 nitrogen and oxygen atoms in total. The highest BCUT2D eigenvalue weighted by Gasteiger charge is 2.40. The Bertz CT molecular complexity index is 516. The summed E-state index contributed by atoms with van der Waals surface area (Å²) in [7, 11) is 0. The standard InChI is InChI=1S/C14H17BrF2N2O/c1-2-3-14(4-5-18-8-14)13(20)19-12-7-10(16)9(15)6-11(12)17/h6-7,18H,2-5,8H2,1H3,(H,19,20). The summed E-state index contributed by atoms with van der Waals surface area (Å²) in [5, 5.41) is 5.69. The van der Waals surface area contributed by atoms with E-state index >= 15 is 0 Å². The summed E-state index contributed by atoms with van der Waals surface area (Å²) in [6.07, 6.45) is 2.31. The van der Waals surface area contributed by atoms with Crippen molar-refractivity contribution in [2.75, 3.05) is 18.4 Å². The third-order valence-corrected chi connectivity index (χ3v) is 4.32. The van der Waals surface area contributed by atoms with Gasteiger partial charge in [0, 0.05) is 12.6 Å². The molecule has 1 atom stereocenters. The Morgan fingerprint density at radius 2 is 2.20 bits per heavy atom. The molecule has 0 aromatic heterocycles. The van der Waals surface area contributed by atoms with Gasteiger partial charge in [0.2, 0.25) is 5.91 Å². The van der Waals surface area contributed by atoms with Crippen molar-refractivity contribution in [3.8, 4) is 0 Å². The molecule has 1 aromatic carbocycles. The Morgan fingerprint density at radius 3 is 2.80 bits per heavy atom. The first-order valence-corrected chi connectivity index (χ1v) is 7.44. The summed E-state index contributed by atoms with van der Waals surface area (Å²) in [4.78, 5) is 12.4. The number of nitrogens with one attached hydrogen (secondary N) is 2. The van der Waals surface area contributed by atoms with E-state index < -0.39 is 17.0 Å². The van der Waals surface area contributed by atoms with Crippen molar-refractivity contribution in [1.82, 2.24) is 5.32 Å². The number of halogens is 3. The van der Waals surface area contributed by atoms with E-state index in [-0.39, 0.29) is 16.1 Å². The fraction of sp³-hybridized carbons (Fsp3) is 0.500. The lowest BCUT2D eigenvalue weighted by molar-refractivity contribution is -0.125. The number of rotatable bonds is 4. The zero-order valence-corrected chi connectivity index (χ0v) is 12.8. The van der Waals surface area contributed by atoms with E-state index in [0.717, 1.165) is 31.5 Å². The molecule has 1 heterocycles. The lowest BCUT2D eigenvalue weighted by atomic mass is 9.81. The van der Waals surface area contributed by atoms with Crippen LogP contribution >= 0.6 is 15.9 Å². The lowest BCUT2D eigenvalue weighted by Gasteiger charge is -2.26. The Labute approximate surface area is 125 Å². The molecule has 1 fully saturated rings. The molecule has 0 bridgehead atoms. The molecule has 2 N–H and O–H groups in total. The molecular weight excluding hydrogens is 330 g/mol. The highest BCUT2D eigenvalue weighted by Crippen LogP contribution is 2.33. The summed E-state index contributed by atoms with van der Waals surface area (Å²) < 4.78 is 27.3. The molecule has 1 amide bonds. The van der Waals surface area contributed by atoms with Crippen LogP contribution in [-0.4, -0.2) is 19.0 Å². The van der Waals surface area contributed by atoms with Gasteiger partial charge in [-0.05, 0) is 41.4 Å². The number of carbonyl (C=O) groups is 1. The van der Waals surface area contributed by atoms with Crippen LogP contribution in [0.2, 0.25) is 0 Å². The van der Waals surface area contributed by atoms with Crippen molar-refractivity contribution in [3.05, 3.63) is 28.2 Å². The van der Waals surface area contributed by atoms with Crippen LogP contribution in [0.3, 0.4) is 0 Å². The maximum Gasteiger partial charge on any atom is 0.232 e. The van der Waals surface area contributed by atoms with Gasteiger partial charge in [0.15, 0.2) is 0 Å². The average molecular weight is 347 g/mol. The molecule has 110 valence electrons. The molecule has 2 rings (SSSR count). The molecule has 0 radical (unpaired) electrons. The van der Waals surface area contributed by atoms with Gasteiger partial charge in [0.25, 0.3) is 0 Å². The zero-order valence-electron chi connectivity index (χ0n) is 11.2. The average Bonchev–Trinajstić information content (AvgIpc) is 2.86. The maximum absolute atomic E-state index is 13.8.